The number of hydrogen-bond donors (Lipinski definition) is 2. The second kappa shape index (κ2) is 7.85. The van der Waals surface area contributed by atoms with E-state index >= 15 is 0 Å². The molecule has 1 aromatic rings. The molecule has 0 aliphatic carbocycles. The number of rotatable bonds is 7. The minimum absolute atomic E-state index is 0.00808. The third kappa shape index (κ3) is 7.03. The van der Waals surface area contributed by atoms with E-state index in [1.54, 1.807) is 19.9 Å². The van der Waals surface area contributed by atoms with Gasteiger partial charge < -0.3 is 15.2 Å². The number of carbonyl (C=O) groups is 2. The number of ether oxygens (including phenoxy) is 1. The van der Waals surface area contributed by atoms with Gasteiger partial charge >= 0.3 is 12.1 Å². The molecule has 2 N–H and O–H groups in total. The second-order valence-corrected chi connectivity index (χ2v) is 5.36. The van der Waals surface area contributed by atoms with Crippen molar-refractivity contribution in [3.63, 3.8) is 0 Å². The lowest BCUT2D eigenvalue weighted by molar-refractivity contribution is -0.153. The van der Waals surface area contributed by atoms with Crippen molar-refractivity contribution in [2.24, 2.45) is 5.92 Å². The van der Waals surface area contributed by atoms with Crippen LogP contribution < -0.4 is 10.1 Å². The van der Waals surface area contributed by atoms with Crippen LogP contribution in [0, 0.1) is 5.92 Å². The smallest absolute Gasteiger partial charge is 0.422 e. The predicted octanol–water partition coefficient (Wildman–Crippen LogP) is 2.40. The van der Waals surface area contributed by atoms with Crippen LogP contribution in [0.1, 0.15) is 19.4 Å². The number of carboxylic acids is 1. The molecule has 0 spiro atoms. The maximum atomic E-state index is 12.1. The lowest BCUT2D eigenvalue weighted by Gasteiger charge is -2.18. The van der Waals surface area contributed by atoms with Gasteiger partial charge in [0.15, 0.2) is 6.61 Å². The Morgan fingerprint density at radius 3 is 2.48 bits per heavy atom. The number of nitrogens with one attached hydrogen (secondary N) is 1. The zero-order valence-corrected chi connectivity index (χ0v) is 12.7. The Labute approximate surface area is 131 Å². The first kappa shape index (κ1) is 18.8. The van der Waals surface area contributed by atoms with Gasteiger partial charge in [0.1, 0.15) is 11.8 Å². The van der Waals surface area contributed by atoms with Crippen LogP contribution in [-0.2, 0) is 16.0 Å². The first-order valence-electron chi connectivity index (χ1n) is 6.89. The monoisotopic (exact) mass is 333 g/mol. The Balaban J connectivity index is 2.66. The molecule has 128 valence electrons. The van der Waals surface area contributed by atoms with Gasteiger partial charge in [0, 0.05) is 0 Å². The van der Waals surface area contributed by atoms with E-state index < -0.39 is 30.7 Å². The number of benzene rings is 1. The quantitative estimate of drug-likeness (QED) is 0.803. The Bertz CT molecular complexity index is 558. The molecule has 0 radical (unpaired) electrons. The van der Waals surface area contributed by atoms with Gasteiger partial charge in [-0.2, -0.15) is 13.2 Å². The van der Waals surface area contributed by atoms with Crippen molar-refractivity contribution < 1.29 is 32.6 Å². The van der Waals surface area contributed by atoms with Gasteiger partial charge in [0.25, 0.3) is 0 Å². The molecule has 1 amide bonds. The average molecular weight is 333 g/mol. The Morgan fingerprint density at radius 1 is 1.30 bits per heavy atom. The molecule has 23 heavy (non-hydrogen) atoms. The fraction of sp³-hybridized carbons (Fsp3) is 0.467. The highest BCUT2D eigenvalue weighted by Crippen LogP contribution is 2.19. The second-order valence-electron chi connectivity index (χ2n) is 5.36. The van der Waals surface area contributed by atoms with Gasteiger partial charge in [0.2, 0.25) is 5.91 Å². The van der Waals surface area contributed by atoms with Crippen LogP contribution in [0.2, 0.25) is 0 Å². The summed E-state index contributed by atoms with van der Waals surface area (Å²) in [4.78, 5) is 22.9. The lowest BCUT2D eigenvalue weighted by atomic mass is 10.0. The van der Waals surface area contributed by atoms with E-state index in [1.807, 2.05) is 0 Å². The number of amides is 1. The van der Waals surface area contributed by atoms with Crippen LogP contribution in [-0.4, -0.2) is 35.8 Å². The van der Waals surface area contributed by atoms with Gasteiger partial charge in [0.05, 0.1) is 6.42 Å². The molecule has 0 aliphatic rings. The Kier molecular flexibility index (Phi) is 6.41. The average Bonchev–Trinajstić information content (AvgIpc) is 2.41. The summed E-state index contributed by atoms with van der Waals surface area (Å²) in [6, 6.07) is 4.65. The maximum absolute atomic E-state index is 12.1. The van der Waals surface area contributed by atoms with Crippen LogP contribution >= 0.6 is 0 Å². The lowest BCUT2D eigenvalue weighted by Crippen LogP contribution is -2.44. The molecule has 1 aromatic carbocycles. The van der Waals surface area contributed by atoms with Crippen LogP contribution in [0.3, 0.4) is 0 Å². The molecule has 0 saturated heterocycles. The van der Waals surface area contributed by atoms with E-state index in [1.165, 1.54) is 18.2 Å². The van der Waals surface area contributed by atoms with E-state index in [0.29, 0.717) is 5.56 Å². The van der Waals surface area contributed by atoms with Crippen molar-refractivity contribution in [1.82, 2.24) is 5.32 Å². The van der Waals surface area contributed by atoms with Crippen LogP contribution in [0.5, 0.6) is 5.75 Å². The van der Waals surface area contributed by atoms with Crippen molar-refractivity contribution in [2.45, 2.75) is 32.5 Å². The number of halogens is 3. The highest BCUT2D eigenvalue weighted by atomic mass is 19.4. The third-order valence-corrected chi connectivity index (χ3v) is 2.91. The van der Waals surface area contributed by atoms with Crippen LogP contribution in [0.25, 0.3) is 0 Å². The molecule has 0 unspecified atom stereocenters. The first-order valence-corrected chi connectivity index (χ1v) is 6.89. The molecule has 5 nitrogen and oxygen atoms in total. The molecule has 0 fully saturated rings. The summed E-state index contributed by atoms with van der Waals surface area (Å²) in [5.74, 6) is -1.97. The molecular weight excluding hydrogens is 315 g/mol. The van der Waals surface area contributed by atoms with Gasteiger partial charge in [-0.3, -0.25) is 4.79 Å². The zero-order chi connectivity index (χ0) is 17.6. The van der Waals surface area contributed by atoms with Crippen molar-refractivity contribution in [2.75, 3.05) is 6.61 Å². The Morgan fingerprint density at radius 2 is 1.96 bits per heavy atom. The Hall–Kier alpha value is -2.25. The molecule has 1 atom stereocenters. The third-order valence-electron chi connectivity index (χ3n) is 2.91. The van der Waals surface area contributed by atoms with Gasteiger partial charge in [-0.05, 0) is 23.6 Å². The minimum Gasteiger partial charge on any atom is -0.484 e. The number of alkyl halides is 3. The summed E-state index contributed by atoms with van der Waals surface area (Å²) in [6.07, 6.45) is -4.60. The fourth-order valence-corrected chi connectivity index (χ4v) is 1.83. The SMILES string of the molecule is CC(C)[C@H](NC(=O)Cc1cccc(OCC(F)(F)F)c1)C(=O)O. The summed E-state index contributed by atoms with van der Waals surface area (Å²) in [6.45, 7) is 1.90. The topological polar surface area (TPSA) is 75.6 Å². The molecule has 0 heterocycles. The van der Waals surface area contributed by atoms with E-state index in [0.717, 1.165) is 0 Å². The standard InChI is InChI=1S/C15H18F3NO4/c1-9(2)13(14(21)22)19-12(20)7-10-4-3-5-11(6-10)23-8-15(16,17)18/h3-6,9,13H,7-8H2,1-2H3,(H,19,20)(H,21,22)/t13-/m0/s1. The summed E-state index contributed by atoms with van der Waals surface area (Å²) < 4.78 is 40.9. The molecule has 8 heteroatoms. The minimum atomic E-state index is -4.45. The van der Waals surface area contributed by atoms with E-state index in [2.05, 4.69) is 10.1 Å². The number of hydrogen-bond acceptors (Lipinski definition) is 3. The van der Waals surface area contributed by atoms with Crippen molar-refractivity contribution in [3.05, 3.63) is 29.8 Å². The van der Waals surface area contributed by atoms with E-state index in [-0.39, 0.29) is 18.1 Å². The number of carboxylic acid groups (broad SMARTS) is 1. The van der Waals surface area contributed by atoms with Gasteiger partial charge in [-0.15, -0.1) is 0 Å². The molecule has 0 aromatic heterocycles. The molecule has 0 bridgehead atoms. The highest BCUT2D eigenvalue weighted by Gasteiger charge is 2.28. The number of aliphatic carboxylic acids is 1. The largest absolute Gasteiger partial charge is 0.484 e. The summed E-state index contributed by atoms with van der Waals surface area (Å²) in [7, 11) is 0. The summed E-state index contributed by atoms with van der Waals surface area (Å²) in [5.41, 5.74) is 0.426. The first-order chi connectivity index (χ1) is 10.6. The molecule has 0 aliphatic heterocycles. The van der Waals surface area contributed by atoms with Crippen LogP contribution in [0.4, 0.5) is 13.2 Å². The number of carbonyl (C=O) groups excluding carboxylic acids is 1. The normalized spacial score (nSPS) is 12.8. The van der Waals surface area contributed by atoms with E-state index in [9.17, 15) is 22.8 Å². The van der Waals surface area contributed by atoms with Gasteiger partial charge in [-0.25, -0.2) is 4.79 Å². The fourth-order valence-electron chi connectivity index (χ4n) is 1.83. The van der Waals surface area contributed by atoms with Crippen molar-refractivity contribution >= 4 is 11.9 Å². The predicted molar refractivity (Wildman–Crippen MR) is 76.1 cm³/mol. The van der Waals surface area contributed by atoms with Gasteiger partial charge in [-0.1, -0.05) is 26.0 Å². The summed E-state index contributed by atoms with van der Waals surface area (Å²) >= 11 is 0. The van der Waals surface area contributed by atoms with Crippen molar-refractivity contribution in [1.29, 1.82) is 0 Å². The zero-order valence-electron chi connectivity index (χ0n) is 12.7. The molecular formula is C15H18F3NO4. The molecule has 0 saturated carbocycles. The molecule has 1 rings (SSSR count). The highest BCUT2D eigenvalue weighted by molar-refractivity contribution is 5.85. The summed E-state index contributed by atoms with van der Waals surface area (Å²) in [5, 5.41) is 11.4. The van der Waals surface area contributed by atoms with E-state index in [4.69, 9.17) is 5.11 Å². The van der Waals surface area contributed by atoms with Crippen LogP contribution in [0.15, 0.2) is 24.3 Å². The van der Waals surface area contributed by atoms with Crippen molar-refractivity contribution in [3.8, 4) is 5.75 Å². The maximum Gasteiger partial charge on any atom is 0.422 e.